The second-order valence-electron chi connectivity index (χ2n) is 4.52. The van der Waals surface area contributed by atoms with Crippen molar-refractivity contribution in [1.29, 1.82) is 0 Å². The zero-order valence-electron chi connectivity index (χ0n) is 9.53. The molecular formula is C13H16INO2. The number of carboxylic acid groups (broad SMARTS) is 1. The van der Waals surface area contributed by atoms with Crippen LogP contribution in [0.5, 0.6) is 0 Å². The maximum Gasteiger partial charge on any atom is 0.320 e. The first-order valence-corrected chi connectivity index (χ1v) is 6.96. The third-order valence-corrected chi connectivity index (χ3v) is 3.89. The van der Waals surface area contributed by atoms with Crippen molar-refractivity contribution in [3.05, 3.63) is 33.4 Å². The van der Waals surface area contributed by atoms with Crippen LogP contribution >= 0.6 is 22.6 Å². The van der Waals surface area contributed by atoms with E-state index in [2.05, 4.69) is 52.2 Å². The van der Waals surface area contributed by atoms with E-state index >= 15 is 0 Å². The summed E-state index contributed by atoms with van der Waals surface area (Å²) in [5.74, 6) is -0.725. The number of halogens is 1. The highest BCUT2D eigenvalue weighted by molar-refractivity contribution is 14.1. The number of carbonyl (C=O) groups is 1. The van der Waals surface area contributed by atoms with Gasteiger partial charge in [0.25, 0.3) is 0 Å². The molecule has 2 N–H and O–H groups in total. The molecule has 92 valence electrons. The molecule has 0 amide bonds. The molecule has 0 aromatic heterocycles. The van der Waals surface area contributed by atoms with Gasteiger partial charge in [-0.25, -0.2) is 0 Å². The number of benzene rings is 1. The van der Waals surface area contributed by atoms with Gasteiger partial charge in [-0.3, -0.25) is 4.79 Å². The Labute approximate surface area is 115 Å². The molecule has 0 spiro atoms. The van der Waals surface area contributed by atoms with Crippen LogP contribution in [0.3, 0.4) is 0 Å². The predicted molar refractivity (Wildman–Crippen MR) is 75.1 cm³/mol. The average molecular weight is 345 g/mol. The normalized spacial score (nSPS) is 24.5. The average Bonchev–Trinajstić information content (AvgIpc) is 2.32. The fourth-order valence-corrected chi connectivity index (χ4v) is 2.64. The van der Waals surface area contributed by atoms with Gasteiger partial charge in [0.15, 0.2) is 0 Å². The van der Waals surface area contributed by atoms with Gasteiger partial charge in [-0.05, 0) is 66.0 Å². The Balaban J connectivity index is 1.94. The molecule has 1 aromatic rings. The quantitative estimate of drug-likeness (QED) is 0.828. The standard InChI is InChI=1S/C13H16INO2/c14-10-6-4-9(5-7-10)8-11-2-1-3-12(15-11)13(16)17/h4-7,11-12,15H,1-3,8H2,(H,16,17). The summed E-state index contributed by atoms with van der Waals surface area (Å²) in [6.07, 6.45) is 3.73. The highest BCUT2D eigenvalue weighted by atomic mass is 127. The molecule has 1 aliphatic rings. The van der Waals surface area contributed by atoms with Crippen LogP contribution in [0.4, 0.5) is 0 Å². The van der Waals surface area contributed by atoms with Crippen LogP contribution in [0, 0.1) is 3.57 Å². The van der Waals surface area contributed by atoms with E-state index in [9.17, 15) is 4.79 Å². The summed E-state index contributed by atoms with van der Waals surface area (Å²) in [6, 6.07) is 8.35. The van der Waals surface area contributed by atoms with Gasteiger partial charge in [0.2, 0.25) is 0 Å². The molecule has 0 radical (unpaired) electrons. The Kier molecular flexibility index (Phi) is 4.39. The summed E-state index contributed by atoms with van der Waals surface area (Å²) < 4.78 is 1.23. The molecule has 1 aliphatic heterocycles. The van der Waals surface area contributed by atoms with E-state index in [0.717, 1.165) is 25.7 Å². The summed E-state index contributed by atoms with van der Waals surface area (Å²) in [7, 11) is 0. The van der Waals surface area contributed by atoms with Gasteiger partial charge in [0.05, 0.1) is 0 Å². The second-order valence-corrected chi connectivity index (χ2v) is 5.76. The molecule has 2 unspecified atom stereocenters. The van der Waals surface area contributed by atoms with Crippen molar-refractivity contribution in [3.8, 4) is 0 Å². The van der Waals surface area contributed by atoms with E-state index in [1.54, 1.807) is 0 Å². The Morgan fingerprint density at radius 2 is 2.06 bits per heavy atom. The molecule has 1 saturated heterocycles. The maximum absolute atomic E-state index is 10.9. The first-order chi connectivity index (χ1) is 8.15. The summed E-state index contributed by atoms with van der Waals surface area (Å²) in [4.78, 5) is 10.9. The second kappa shape index (κ2) is 5.82. The predicted octanol–water partition coefficient (Wildman–Crippen LogP) is 2.43. The SMILES string of the molecule is O=C(O)C1CCCC(Cc2ccc(I)cc2)N1. The zero-order chi connectivity index (χ0) is 12.3. The third-order valence-electron chi connectivity index (χ3n) is 3.18. The van der Waals surface area contributed by atoms with Gasteiger partial charge in [0, 0.05) is 9.61 Å². The molecule has 1 heterocycles. The number of nitrogens with one attached hydrogen (secondary N) is 1. The monoisotopic (exact) mass is 345 g/mol. The zero-order valence-corrected chi connectivity index (χ0v) is 11.7. The highest BCUT2D eigenvalue weighted by Crippen LogP contribution is 2.17. The lowest BCUT2D eigenvalue weighted by atomic mass is 9.94. The molecular weight excluding hydrogens is 329 g/mol. The number of carboxylic acids is 1. The van der Waals surface area contributed by atoms with Gasteiger partial charge < -0.3 is 10.4 Å². The van der Waals surface area contributed by atoms with Crippen molar-refractivity contribution >= 4 is 28.6 Å². The minimum Gasteiger partial charge on any atom is -0.480 e. The van der Waals surface area contributed by atoms with E-state index in [1.807, 2.05) is 0 Å². The molecule has 3 nitrogen and oxygen atoms in total. The number of hydrogen-bond donors (Lipinski definition) is 2. The molecule has 17 heavy (non-hydrogen) atoms. The lowest BCUT2D eigenvalue weighted by Crippen LogP contribution is -2.47. The van der Waals surface area contributed by atoms with Gasteiger partial charge in [-0.2, -0.15) is 0 Å². The summed E-state index contributed by atoms with van der Waals surface area (Å²) in [6.45, 7) is 0. The van der Waals surface area contributed by atoms with Gasteiger partial charge >= 0.3 is 5.97 Å². The molecule has 2 atom stereocenters. The van der Waals surface area contributed by atoms with E-state index in [1.165, 1.54) is 9.13 Å². The summed E-state index contributed by atoms with van der Waals surface area (Å²) in [5, 5.41) is 12.2. The number of rotatable bonds is 3. The largest absolute Gasteiger partial charge is 0.480 e. The number of hydrogen-bond acceptors (Lipinski definition) is 2. The lowest BCUT2D eigenvalue weighted by molar-refractivity contribution is -0.140. The van der Waals surface area contributed by atoms with Crippen LogP contribution in [-0.2, 0) is 11.2 Å². The molecule has 2 rings (SSSR count). The first kappa shape index (κ1) is 12.8. The molecule has 4 heteroatoms. The van der Waals surface area contributed by atoms with Crippen molar-refractivity contribution in [3.63, 3.8) is 0 Å². The highest BCUT2D eigenvalue weighted by Gasteiger charge is 2.25. The van der Waals surface area contributed by atoms with Crippen molar-refractivity contribution in [2.45, 2.75) is 37.8 Å². The van der Waals surface area contributed by atoms with Crippen molar-refractivity contribution in [2.75, 3.05) is 0 Å². The minimum atomic E-state index is -0.725. The molecule has 0 saturated carbocycles. The summed E-state index contributed by atoms with van der Waals surface area (Å²) in [5.41, 5.74) is 1.27. The summed E-state index contributed by atoms with van der Waals surface area (Å²) >= 11 is 2.29. The van der Waals surface area contributed by atoms with E-state index in [-0.39, 0.29) is 6.04 Å². The van der Waals surface area contributed by atoms with Crippen molar-refractivity contribution in [1.82, 2.24) is 5.32 Å². The number of piperidine rings is 1. The Morgan fingerprint density at radius 3 is 2.71 bits per heavy atom. The van der Waals surface area contributed by atoms with Crippen molar-refractivity contribution in [2.24, 2.45) is 0 Å². The Bertz CT molecular complexity index is 391. The van der Waals surface area contributed by atoms with Crippen LogP contribution in [0.15, 0.2) is 24.3 Å². The third kappa shape index (κ3) is 3.67. The molecule has 0 bridgehead atoms. The lowest BCUT2D eigenvalue weighted by Gasteiger charge is -2.28. The van der Waals surface area contributed by atoms with Crippen LogP contribution in [-0.4, -0.2) is 23.2 Å². The van der Waals surface area contributed by atoms with Gasteiger partial charge in [0.1, 0.15) is 6.04 Å². The van der Waals surface area contributed by atoms with Gasteiger partial charge in [-0.1, -0.05) is 12.1 Å². The van der Waals surface area contributed by atoms with Crippen LogP contribution in [0.1, 0.15) is 24.8 Å². The Morgan fingerprint density at radius 1 is 1.35 bits per heavy atom. The van der Waals surface area contributed by atoms with Crippen LogP contribution in [0.2, 0.25) is 0 Å². The van der Waals surface area contributed by atoms with Crippen molar-refractivity contribution < 1.29 is 9.90 Å². The molecule has 1 fully saturated rings. The fourth-order valence-electron chi connectivity index (χ4n) is 2.28. The first-order valence-electron chi connectivity index (χ1n) is 5.88. The maximum atomic E-state index is 10.9. The van der Waals surface area contributed by atoms with E-state index in [0.29, 0.717) is 6.04 Å². The smallest absolute Gasteiger partial charge is 0.320 e. The Hall–Kier alpha value is -0.620. The van der Waals surface area contributed by atoms with Crippen LogP contribution in [0.25, 0.3) is 0 Å². The van der Waals surface area contributed by atoms with E-state index in [4.69, 9.17) is 5.11 Å². The van der Waals surface area contributed by atoms with Crippen LogP contribution < -0.4 is 5.32 Å². The van der Waals surface area contributed by atoms with E-state index < -0.39 is 5.97 Å². The minimum absolute atomic E-state index is 0.296. The molecule has 0 aliphatic carbocycles. The topological polar surface area (TPSA) is 49.3 Å². The number of aliphatic carboxylic acids is 1. The fraction of sp³-hybridized carbons (Fsp3) is 0.462. The van der Waals surface area contributed by atoms with Gasteiger partial charge in [-0.15, -0.1) is 0 Å². The molecule has 1 aromatic carbocycles.